The second-order valence-electron chi connectivity index (χ2n) is 3.50. The predicted octanol–water partition coefficient (Wildman–Crippen LogP) is 3.28. The van der Waals surface area contributed by atoms with Gasteiger partial charge in [0.05, 0.1) is 7.11 Å². The average molecular weight is 252 g/mol. The van der Waals surface area contributed by atoms with Gasteiger partial charge in [0.1, 0.15) is 0 Å². The van der Waals surface area contributed by atoms with Gasteiger partial charge in [0.25, 0.3) is 0 Å². The number of alkyl halides is 4. The second-order valence-corrected chi connectivity index (χ2v) is 3.50. The molecule has 0 heterocycles. The molecule has 0 aromatic heterocycles. The van der Waals surface area contributed by atoms with Gasteiger partial charge in [0, 0.05) is 0 Å². The maximum atomic E-state index is 12.6. The van der Waals surface area contributed by atoms with Crippen LogP contribution in [0.1, 0.15) is 5.56 Å². The number of methoxy groups -OCH3 is 1. The van der Waals surface area contributed by atoms with Crippen LogP contribution in [0.15, 0.2) is 18.2 Å². The van der Waals surface area contributed by atoms with Gasteiger partial charge < -0.3 is 9.47 Å². The largest absolute Gasteiger partial charge is 0.493 e. The van der Waals surface area contributed by atoms with Crippen LogP contribution in [0.3, 0.4) is 0 Å². The van der Waals surface area contributed by atoms with Gasteiger partial charge in [-0.1, -0.05) is 6.07 Å². The Labute approximate surface area is 96.1 Å². The Balaban J connectivity index is 2.76. The summed E-state index contributed by atoms with van der Waals surface area (Å²) >= 11 is 0. The molecule has 0 spiro atoms. The maximum Gasteiger partial charge on any atom is 0.340 e. The fourth-order valence-corrected chi connectivity index (χ4v) is 1.13. The molecule has 0 bridgehead atoms. The van der Waals surface area contributed by atoms with E-state index in [-0.39, 0.29) is 11.5 Å². The third-order valence-corrected chi connectivity index (χ3v) is 2.06. The van der Waals surface area contributed by atoms with Crippen molar-refractivity contribution in [2.24, 2.45) is 0 Å². The second kappa shape index (κ2) is 5.25. The molecule has 0 aliphatic heterocycles. The van der Waals surface area contributed by atoms with Crippen LogP contribution in [0.2, 0.25) is 0 Å². The van der Waals surface area contributed by atoms with Gasteiger partial charge in [0.2, 0.25) is 0 Å². The van der Waals surface area contributed by atoms with Gasteiger partial charge in [-0.2, -0.15) is 8.78 Å². The fraction of sp³-hybridized carbons (Fsp3) is 0.455. The van der Waals surface area contributed by atoms with Crippen LogP contribution in [0.4, 0.5) is 17.6 Å². The first kappa shape index (κ1) is 13.6. The monoisotopic (exact) mass is 252 g/mol. The van der Waals surface area contributed by atoms with E-state index < -0.39 is 19.0 Å². The van der Waals surface area contributed by atoms with Crippen LogP contribution in [-0.2, 0) is 0 Å². The standard InChI is InChI=1S/C11H12F4O2/c1-7-3-4-8(9(5-7)16-2)17-6-11(14,15)10(12)13/h3-5,10H,6H2,1-2H3. The Morgan fingerprint density at radius 2 is 1.88 bits per heavy atom. The summed E-state index contributed by atoms with van der Waals surface area (Å²) in [7, 11) is 1.34. The molecular weight excluding hydrogens is 240 g/mol. The molecule has 0 aliphatic carbocycles. The molecule has 0 amide bonds. The quantitative estimate of drug-likeness (QED) is 0.749. The highest BCUT2D eigenvalue weighted by Crippen LogP contribution is 2.30. The lowest BCUT2D eigenvalue weighted by Crippen LogP contribution is -2.33. The van der Waals surface area contributed by atoms with Crippen molar-refractivity contribution in [2.75, 3.05) is 13.7 Å². The van der Waals surface area contributed by atoms with Crippen molar-refractivity contribution < 1.29 is 27.0 Å². The number of hydrogen-bond donors (Lipinski definition) is 0. The molecule has 1 aromatic rings. The minimum atomic E-state index is -4.17. The summed E-state index contributed by atoms with van der Waals surface area (Å²) in [4.78, 5) is 0. The van der Waals surface area contributed by atoms with Gasteiger partial charge in [-0.15, -0.1) is 0 Å². The Kier molecular flexibility index (Phi) is 4.20. The molecule has 0 atom stereocenters. The van der Waals surface area contributed by atoms with Crippen LogP contribution in [0.5, 0.6) is 11.5 Å². The number of halogens is 4. The smallest absolute Gasteiger partial charge is 0.340 e. The molecule has 17 heavy (non-hydrogen) atoms. The Hall–Kier alpha value is -1.46. The molecule has 0 N–H and O–H groups in total. The minimum absolute atomic E-state index is 0.0124. The maximum absolute atomic E-state index is 12.6. The summed E-state index contributed by atoms with van der Waals surface area (Å²) in [6, 6.07) is 4.57. The molecule has 0 unspecified atom stereocenters. The third kappa shape index (κ3) is 3.51. The van der Waals surface area contributed by atoms with Crippen molar-refractivity contribution in [1.82, 2.24) is 0 Å². The lowest BCUT2D eigenvalue weighted by molar-refractivity contribution is -0.148. The van der Waals surface area contributed by atoms with E-state index in [0.717, 1.165) is 5.56 Å². The van der Waals surface area contributed by atoms with Crippen molar-refractivity contribution in [3.05, 3.63) is 23.8 Å². The minimum Gasteiger partial charge on any atom is -0.493 e. The highest BCUT2D eigenvalue weighted by molar-refractivity contribution is 5.42. The van der Waals surface area contributed by atoms with Gasteiger partial charge >= 0.3 is 12.3 Å². The number of aryl methyl sites for hydroxylation is 1. The number of benzene rings is 1. The Morgan fingerprint density at radius 1 is 1.24 bits per heavy atom. The summed E-state index contributed by atoms with van der Waals surface area (Å²) in [5.74, 6) is -3.93. The summed E-state index contributed by atoms with van der Waals surface area (Å²) in [5, 5.41) is 0. The summed E-state index contributed by atoms with van der Waals surface area (Å²) in [6.07, 6.45) is -3.75. The van der Waals surface area contributed by atoms with Crippen molar-refractivity contribution in [3.8, 4) is 11.5 Å². The summed E-state index contributed by atoms with van der Waals surface area (Å²) in [6.45, 7) is 0.393. The van der Waals surface area contributed by atoms with Gasteiger partial charge in [-0.3, -0.25) is 0 Å². The molecule has 0 radical (unpaired) electrons. The first-order valence-electron chi connectivity index (χ1n) is 4.80. The first-order valence-corrected chi connectivity index (χ1v) is 4.80. The zero-order chi connectivity index (χ0) is 13.1. The molecule has 0 saturated carbocycles. The molecule has 1 rings (SSSR count). The lowest BCUT2D eigenvalue weighted by atomic mass is 10.2. The highest BCUT2D eigenvalue weighted by Gasteiger charge is 2.41. The summed E-state index contributed by atoms with van der Waals surface area (Å²) < 4.78 is 58.6. The van der Waals surface area contributed by atoms with E-state index in [2.05, 4.69) is 4.74 Å². The molecule has 6 heteroatoms. The fourth-order valence-electron chi connectivity index (χ4n) is 1.13. The molecule has 0 aliphatic rings. The van der Waals surface area contributed by atoms with Gasteiger partial charge in [-0.05, 0) is 24.6 Å². The van der Waals surface area contributed by atoms with E-state index in [0.29, 0.717) is 0 Å². The first-order chi connectivity index (χ1) is 7.86. The van der Waals surface area contributed by atoms with E-state index in [1.54, 1.807) is 19.1 Å². The van der Waals surface area contributed by atoms with E-state index in [9.17, 15) is 17.6 Å². The number of rotatable bonds is 5. The van der Waals surface area contributed by atoms with Crippen molar-refractivity contribution in [1.29, 1.82) is 0 Å². The van der Waals surface area contributed by atoms with Crippen LogP contribution in [0, 0.1) is 6.92 Å². The lowest BCUT2D eigenvalue weighted by Gasteiger charge is -2.17. The molecule has 96 valence electrons. The van der Waals surface area contributed by atoms with E-state index in [4.69, 9.17) is 4.74 Å². The van der Waals surface area contributed by atoms with Crippen molar-refractivity contribution in [3.63, 3.8) is 0 Å². The van der Waals surface area contributed by atoms with Crippen molar-refractivity contribution >= 4 is 0 Å². The SMILES string of the molecule is COc1cc(C)ccc1OCC(F)(F)C(F)F. The normalized spacial score (nSPS) is 11.7. The molecule has 2 nitrogen and oxygen atoms in total. The highest BCUT2D eigenvalue weighted by atomic mass is 19.3. The van der Waals surface area contributed by atoms with Crippen LogP contribution < -0.4 is 9.47 Å². The van der Waals surface area contributed by atoms with Crippen LogP contribution in [-0.4, -0.2) is 26.1 Å². The van der Waals surface area contributed by atoms with Gasteiger partial charge in [0.15, 0.2) is 18.1 Å². The average Bonchev–Trinajstić information content (AvgIpc) is 2.27. The van der Waals surface area contributed by atoms with Crippen LogP contribution in [0.25, 0.3) is 0 Å². The van der Waals surface area contributed by atoms with Crippen molar-refractivity contribution in [2.45, 2.75) is 19.3 Å². The Morgan fingerprint density at radius 3 is 2.41 bits per heavy atom. The van der Waals surface area contributed by atoms with Crippen LogP contribution >= 0.6 is 0 Å². The topological polar surface area (TPSA) is 18.5 Å². The Bertz CT molecular complexity index is 380. The third-order valence-electron chi connectivity index (χ3n) is 2.06. The predicted molar refractivity (Wildman–Crippen MR) is 54.2 cm³/mol. The number of ether oxygens (including phenoxy) is 2. The van der Waals surface area contributed by atoms with E-state index in [1.165, 1.54) is 13.2 Å². The molecule has 1 aromatic carbocycles. The molecule has 0 fully saturated rings. The van der Waals surface area contributed by atoms with Gasteiger partial charge in [-0.25, -0.2) is 8.78 Å². The number of hydrogen-bond acceptors (Lipinski definition) is 2. The molecular formula is C11H12F4O2. The zero-order valence-electron chi connectivity index (χ0n) is 9.34. The summed E-state index contributed by atoms with van der Waals surface area (Å²) in [5.41, 5.74) is 0.842. The van der Waals surface area contributed by atoms with E-state index in [1.807, 2.05) is 0 Å². The molecule has 0 saturated heterocycles. The van der Waals surface area contributed by atoms with E-state index >= 15 is 0 Å². The zero-order valence-corrected chi connectivity index (χ0v) is 9.34.